The summed E-state index contributed by atoms with van der Waals surface area (Å²) < 4.78 is 0. The standard InChI is InChI=1S/C27H36N6O2/c1-27(2,3)21-10-12-22(13-11-21)33(26(35)23-9-7-16-32(23)19-28)24(20-8-6-14-29-18-20)25(34)30-15-17-31(4)5/h6,8,10-14,18,23-24H,7,9,15-17H2,1-5H3,(H,30,34)/t23-,24?/m1/s1. The maximum atomic E-state index is 14.0. The fourth-order valence-corrected chi connectivity index (χ4v) is 4.28. The van der Waals surface area contributed by atoms with Crippen LogP contribution in [0.5, 0.6) is 0 Å². The van der Waals surface area contributed by atoms with E-state index in [-0.39, 0.29) is 17.2 Å². The molecule has 2 aromatic rings. The van der Waals surface area contributed by atoms with Crippen LogP contribution >= 0.6 is 0 Å². The van der Waals surface area contributed by atoms with E-state index in [1.807, 2.05) is 49.3 Å². The van der Waals surface area contributed by atoms with Gasteiger partial charge in [-0.05, 0) is 56.1 Å². The predicted octanol–water partition coefficient (Wildman–Crippen LogP) is 3.08. The number of likely N-dealkylation sites (tertiary alicyclic amines) is 1. The van der Waals surface area contributed by atoms with Gasteiger partial charge in [-0.1, -0.05) is 39.0 Å². The number of amides is 2. The van der Waals surface area contributed by atoms with Crippen LogP contribution in [0.3, 0.4) is 0 Å². The average molecular weight is 477 g/mol. The summed E-state index contributed by atoms with van der Waals surface area (Å²) in [4.78, 5) is 36.9. The molecule has 0 aliphatic carbocycles. The van der Waals surface area contributed by atoms with E-state index in [0.29, 0.717) is 37.3 Å². The Kier molecular flexibility index (Phi) is 8.47. The van der Waals surface area contributed by atoms with Crippen LogP contribution in [0.4, 0.5) is 5.69 Å². The van der Waals surface area contributed by atoms with E-state index in [1.54, 1.807) is 23.4 Å². The average Bonchev–Trinajstić information content (AvgIpc) is 3.31. The zero-order chi connectivity index (χ0) is 25.6. The molecule has 8 heteroatoms. The van der Waals surface area contributed by atoms with Gasteiger partial charge in [-0.15, -0.1) is 0 Å². The molecule has 2 heterocycles. The summed E-state index contributed by atoms with van der Waals surface area (Å²) in [6, 6.07) is 9.83. The molecule has 1 saturated heterocycles. The smallest absolute Gasteiger partial charge is 0.251 e. The van der Waals surface area contributed by atoms with Gasteiger partial charge in [0.05, 0.1) is 0 Å². The van der Waals surface area contributed by atoms with Crippen molar-refractivity contribution >= 4 is 17.5 Å². The number of hydrogen-bond acceptors (Lipinski definition) is 6. The maximum Gasteiger partial charge on any atom is 0.251 e. The molecule has 1 fully saturated rings. The zero-order valence-corrected chi connectivity index (χ0v) is 21.4. The number of nitrogens with zero attached hydrogens (tertiary/aromatic N) is 5. The molecule has 1 unspecified atom stereocenters. The van der Waals surface area contributed by atoms with Gasteiger partial charge in [-0.3, -0.25) is 24.4 Å². The van der Waals surface area contributed by atoms with Crippen LogP contribution in [-0.4, -0.2) is 66.4 Å². The Morgan fingerprint density at radius 1 is 1.23 bits per heavy atom. The van der Waals surface area contributed by atoms with Crippen LogP contribution in [0.1, 0.15) is 50.8 Å². The highest BCUT2D eigenvalue weighted by molar-refractivity contribution is 6.04. The van der Waals surface area contributed by atoms with E-state index in [4.69, 9.17) is 0 Å². The summed E-state index contributed by atoms with van der Waals surface area (Å²) in [5.74, 6) is -0.543. The van der Waals surface area contributed by atoms with Crippen molar-refractivity contribution in [2.24, 2.45) is 0 Å². The van der Waals surface area contributed by atoms with E-state index >= 15 is 0 Å². The number of benzene rings is 1. The third-order valence-electron chi connectivity index (χ3n) is 6.28. The van der Waals surface area contributed by atoms with Crippen molar-refractivity contribution in [3.05, 3.63) is 59.9 Å². The van der Waals surface area contributed by atoms with Gasteiger partial charge in [0.25, 0.3) is 5.91 Å². The first-order valence-electron chi connectivity index (χ1n) is 12.1. The highest BCUT2D eigenvalue weighted by atomic mass is 16.2. The first kappa shape index (κ1) is 26.2. The predicted molar refractivity (Wildman–Crippen MR) is 137 cm³/mol. The second kappa shape index (κ2) is 11.3. The minimum atomic E-state index is -0.917. The fourth-order valence-electron chi connectivity index (χ4n) is 4.28. The van der Waals surface area contributed by atoms with Gasteiger partial charge in [-0.2, -0.15) is 5.26 Å². The minimum Gasteiger partial charge on any atom is -0.353 e. The number of rotatable bonds is 8. The molecule has 8 nitrogen and oxygen atoms in total. The number of nitrogens with one attached hydrogen (secondary N) is 1. The Hall–Kier alpha value is -3.44. The van der Waals surface area contributed by atoms with Gasteiger partial charge < -0.3 is 10.2 Å². The van der Waals surface area contributed by atoms with Crippen LogP contribution in [0.15, 0.2) is 48.8 Å². The molecule has 2 atom stereocenters. The molecule has 0 saturated carbocycles. The highest BCUT2D eigenvalue weighted by Gasteiger charge is 2.40. The highest BCUT2D eigenvalue weighted by Crippen LogP contribution is 2.33. The molecule has 1 aromatic carbocycles. The van der Waals surface area contributed by atoms with Crippen molar-refractivity contribution in [3.8, 4) is 6.19 Å². The molecule has 0 radical (unpaired) electrons. The number of carbonyl (C=O) groups is 2. The molecule has 3 rings (SSSR count). The van der Waals surface area contributed by atoms with Gasteiger partial charge in [0.15, 0.2) is 6.19 Å². The van der Waals surface area contributed by atoms with Crippen LogP contribution in [0.25, 0.3) is 0 Å². The van der Waals surface area contributed by atoms with E-state index in [9.17, 15) is 14.9 Å². The van der Waals surface area contributed by atoms with Crippen molar-refractivity contribution in [1.82, 2.24) is 20.1 Å². The Morgan fingerprint density at radius 3 is 2.51 bits per heavy atom. The van der Waals surface area contributed by atoms with Crippen molar-refractivity contribution in [3.63, 3.8) is 0 Å². The number of carbonyl (C=O) groups excluding carboxylic acids is 2. The summed E-state index contributed by atoms with van der Waals surface area (Å²) >= 11 is 0. The molecule has 35 heavy (non-hydrogen) atoms. The van der Waals surface area contributed by atoms with Gasteiger partial charge in [0.2, 0.25) is 5.91 Å². The lowest BCUT2D eigenvalue weighted by Gasteiger charge is -2.34. The lowest BCUT2D eigenvalue weighted by molar-refractivity contribution is -0.128. The Bertz CT molecular complexity index is 1040. The van der Waals surface area contributed by atoms with Crippen molar-refractivity contribution in [2.75, 3.05) is 38.6 Å². The largest absolute Gasteiger partial charge is 0.353 e. The molecular formula is C27H36N6O2. The molecule has 0 spiro atoms. The molecule has 186 valence electrons. The summed E-state index contributed by atoms with van der Waals surface area (Å²) in [5, 5.41) is 12.6. The van der Waals surface area contributed by atoms with Crippen LogP contribution in [0, 0.1) is 11.5 Å². The Labute approximate surface area is 208 Å². The Balaban J connectivity index is 2.08. The quantitative estimate of drug-likeness (QED) is 0.589. The summed E-state index contributed by atoms with van der Waals surface area (Å²) in [6.07, 6.45) is 6.75. The summed E-state index contributed by atoms with van der Waals surface area (Å²) in [6.45, 7) is 8.04. The number of nitriles is 1. The van der Waals surface area contributed by atoms with E-state index in [2.05, 4.69) is 37.3 Å². The van der Waals surface area contributed by atoms with E-state index < -0.39 is 12.1 Å². The van der Waals surface area contributed by atoms with Gasteiger partial charge >= 0.3 is 0 Å². The SMILES string of the molecule is CN(C)CCNC(=O)C(c1cccnc1)N(C(=O)[C@H]1CCCN1C#N)c1ccc(C(C)(C)C)cc1. The van der Waals surface area contributed by atoms with E-state index in [1.165, 1.54) is 4.90 Å². The van der Waals surface area contributed by atoms with Gasteiger partial charge in [-0.25, -0.2) is 0 Å². The van der Waals surface area contributed by atoms with E-state index in [0.717, 1.165) is 12.0 Å². The minimum absolute atomic E-state index is 0.0528. The fraction of sp³-hybridized carbons (Fsp3) is 0.481. The van der Waals surface area contributed by atoms with Crippen LogP contribution in [0.2, 0.25) is 0 Å². The van der Waals surface area contributed by atoms with Crippen molar-refractivity contribution in [1.29, 1.82) is 5.26 Å². The normalized spacial score (nSPS) is 16.6. The first-order chi connectivity index (χ1) is 16.6. The molecular weight excluding hydrogens is 440 g/mol. The number of anilines is 1. The molecule has 2 amide bonds. The zero-order valence-electron chi connectivity index (χ0n) is 21.4. The number of hydrogen-bond donors (Lipinski definition) is 1. The van der Waals surface area contributed by atoms with Gasteiger partial charge in [0.1, 0.15) is 12.1 Å². The molecule has 0 bridgehead atoms. The Morgan fingerprint density at radius 2 is 1.94 bits per heavy atom. The third-order valence-corrected chi connectivity index (χ3v) is 6.28. The lowest BCUT2D eigenvalue weighted by atomic mass is 9.87. The van der Waals surface area contributed by atoms with Crippen molar-refractivity contribution < 1.29 is 9.59 Å². The third kappa shape index (κ3) is 6.37. The van der Waals surface area contributed by atoms with Crippen LogP contribution in [-0.2, 0) is 15.0 Å². The summed E-state index contributed by atoms with van der Waals surface area (Å²) in [5.41, 5.74) is 2.30. The number of likely N-dealkylation sites (N-methyl/N-ethyl adjacent to an activating group) is 1. The van der Waals surface area contributed by atoms with Crippen molar-refractivity contribution in [2.45, 2.75) is 51.1 Å². The molecule has 1 aromatic heterocycles. The number of pyridine rings is 1. The molecule has 1 aliphatic heterocycles. The van der Waals surface area contributed by atoms with Crippen LogP contribution < -0.4 is 10.2 Å². The second-order valence-corrected chi connectivity index (χ2v) is 10.2. The molecule has 1 aliphatic rings. The molecule has 1 N–H and O–H groups in total. The topological polar surface area (TPSA) is 92.6 Å². The maximum absolute atomic E-state index is 14.0. The number of aromatic nitrogens is 1. The lowest BCUT2D eigenvalue weighted by Crippen LogP contribution is -2.50. The van der Waals surface area contributed by atoms with Gasteiger partial charge in [0, 0.05) is 43.3 Å². The summed E-state index contributed by atoms with van der Waals surface area (Å²) in [7, 11) is 3.88. The second-order valence-electron chi connectivity index (χ2n) is 10.2. The first-order valence-corrected chi connectivity index (χ1v) is 12.1. The monoisotopic (exact) mass is 476 g/mol.